The Balaban J connectivity index is 2.27. The van der Waals surface area contributed by atoms with E-state index in [1.165, 1.54) is 6.20 Å². The minimum Gasteiger partial charge on any atom is -0.371 e. The van der Waals surface area contributed by atoms with Crippen molar-refractivity contribution in [1.82, 2.24) is 9.22 Å². The molecule has 0 atom stereocenters. The second kappa shape index (κ2) is 8.83. The molecule has 0 saturated heterocycles. The number of pyridine rings is 1. The molecule has 0 saturated carbocycles. The van der Waals surface area contributed by atoms with Crippen LogP contribution in [0.1, 0.15) is 58.4 Å². The summed E-state index contributed by atoms with van der Waals surface area (Å²) >= 11 is 3.57. The molecule has 0 aliphatic heterocycles. The SMILES string of the molecule is CC(C)[Si](C(C)C)(C(C)C)n1ccc2c(Br)c(Cc3ccnc(C#N)c3)c(F)c(F)c21. The molecule has 0 amide bonds. The first kappa shape index (κ1) is 23.6. The van der Waals surface area contributed by atoms with Gasteiger partial charge in [0.25, 0.3) is 0 Å². The standard InChI is InChI=1S/C24H28BrF2N3Si/c1-14(2)31(15(3)4,16(5)6)30-10-8-19-21(25)20(22(26)23(27)24(19)30)12-17-7-9-29-18(11-17)13-28/h7-11,14-16H,12H2,1-6H3. The second-order valence-electron chi connectivity index (χ2n) is 9.06. The van der Waals surface area contributed by atoms with Crippen LogP contribution in [0.5, 0.6) is 0 Å². The van der Waals surface area contributed by atoms with Crippen molar-refractivity contribution in [1.29, 1.82) is 5.26 Å². The molecular formula is C24H28BrF2N3Si. The van der Waals surface area contributed by atoms with Crippen molar-refractivity contribution in [3.63, 3.8) is 0 Å². The normalized spacial score (nSPS) is 12.4. The van der Waals surface area contributed by atoms with Gasteiger partial charge in [0.2, 0.25) is 0 Å². The zero-order chi connectivity index (χ0) is 23.1. The molecule has 1 aromatic carbocycles. The maximum atomic E-state index is 15.6. The molecule has 2 heterocycles. The average Bonchev–Trinajstić information content (AvgIpc) is 3.14. The average molecular weight is 504 g/mol. The molecule has 0 bridgehead atoms. The Morgan fingerprint density at radius 1 is 1.06 bits per heavy atom. The number of benzene rings is 1. The van der Waals surface area contributed by atoms with Crippen LogP contribution in [0.3, 0.4) is 0 Å². The van der Waals surface area contributed by atoms with Crippen molar-refractivity contribution in [2.24, 2.45) is 0 Å². The van der Waals surface area contributed by atoms with Crippen molar-refractivity contribution >= 4 is 35.1 Å². The molecule has 0 radical (unpaired) electrons. The van der Waals surface area contributed by atoms with Crippen LogP contribution < -0.4 is 0 Å². The highest BCUT2D eigenvalue weighted by Gasteiger charge is 2.46. The molecular weight excluding hydrogens is 476 g/mol. The van der Waals surface area contributed by atoms with Gasteiger partial charge in [-0.05, 0) is 62.5 Å². The van der Waals surface area contributed by atoms with Crippen molar-refractivity contribution in [3.05, 3.63) is 63.5 Å². The lowest BCUT2D eigenvalue weighted by Crippen LogP contribution is -2.51. The van der Waals surface area contributed by atoms with Crippen LogP contribution in [0.2, 0.25) is 16.6 Å². The van der Waals surface area contributed by atoms with Gasteiger partial charge in [-0.2, -0.15) is 5.26 Å². The maximum Gasteiger partial charge on any atom is 0.182 e. The van der Waals surface area contributed by atoms with Crippen molar-refractivity contribution < 1.29 is 8.78 Å². The van der Waals surface area contributed by atoms with Gasteiger partial charge in [0, 0.05) is 28.0 Å². The summed E-state index contributed by atoms with van der Waals surface area (Å²) in [7, 11) is -2.25. The van der Waals surface area contributed by atoms with Gasteiger partial charge in [-0.15, -0.1) is 0 Å². The first-order valence-corrected chi connectivity index (χ1v) is 13.6. The molecule has 0 spiro atoms. The Labute approximate surface area is 192 Å². The molecule has 0 aliphatic carbocycles. The lowest BCUT2D eigenvalue weighted by atomic mass is 10.0. The van der Waals surface area contributed by atoms with E-state index in [1.54, 1.807) is 12.1 Å². The predicted molar refractivity (Wildman–Crippen MR) is 128 cm³/mol. The zero-order valence-corrected chi connectivity index (χ0v) is 21.4. The second-order valence-corrected chi connectivity index (χ2v) is 15.6. The van der Waals surface area contributed by atoms with E-state index in [2.05, 4.69) is 66.7 Å². The van der Waals surface area contributed by atoms with E-state index < -0.39 is 19.9 Å². The molecule has 2 aromatic heterocycles. The highest BCUT2D eigenvalue weighted by molar-refractivity contribution is 9.10. The number of halogens is 3. The Hall–Kier alpha value is -2.04. The Bertz CT molecular complexity index is 1140. The van der Waals surface area contributed by atoms with E-state index in [0.717, 1.165) is 0 Å². The monoisotopic (exact) mass is 503 g/mol. The maximum absolute atomic E-state index is 15.6. The fourth-order valence-corrected chi connectivity index (χ4v) is 12.7. The van der Waals surface area contributed by atoms with E-state index >= 15 is 8.78 Å². The van der Waals surface area contributed by atoms with Crippen LogP contribution >= 0.6 is 15.9 Å². The summed E-state index contributed by atoms with van der Waals surface area (Å²) < 4.78 is 33.7. The van der Waals surface area contributed by atoms with Crippen molar-refractivity contribution in [3.8, 4) is 6.07 Å². The van der Waals surface area contributed by atoms with E-state index in [0.29, 0.717) is 37.6 Å². The van der Waals surface area contributed by atoms with Gasteiger partial charge < -0.3 is 4.23 Å². The predicted octanol–water partition coefficient (Wildman–Crippen LogP) is 7.56. The summed E-state index contributed by atoms with van der Waals surface area (Å²) in [6, 6.07) is 7.20. The molecule has 3 nitrogen and oxygen atoms in total. The van der Waals surface area contributed by atoms with Gasteiger partial charge >= 0.3 is 0 Å². The third-order valence-corrected chi connectivity index (χ3v) is 14.2. The quantitative estimate of drug-likeness (QED) is 0.257. The van der Waals surface area contributed by atoms with E-state index in [4.69, 9.17) is 5.26 Å². The van der Waals surface area contributed by atoms with Gasteiger partial charge in [0.15, 0.2) is 19.9 Å². The van der Waals surface area contributed by atoms with Crippen LogP contribution in [0, 0.1) is 23.0 Å². The summed E-state index contributed by atoms with van der Waals surface area (Å²) in [5.41, 5.74) is 2.62. The molecule has 0 unspecified atom stereocenters. The van der Waals surface area contributed by atoms with Crippen LogP contribution in [-0.2, 0) is 6.42 Å². The molecule has 164 valence electrons. The Morgan fingerprint density at radius 3 is 2.23 bits per heavy atom. The Kier molecular flexibility index (Phi) is 6.73. The van der Waals surface area contributed by atoms with Gasteiger partial charge in [-0.25, -0.2) is 13.8 Å². The Morgan fingerprint density at radius 2 is 1.68 bits per heavy atom. The summed E-state index contributed by atoms with van der Waals surface area (Å²) in [6.45, 7) is 13.2. The molecule has 31 heavy (non-hydrogen) atoms. The smallest absolute Gasteiger partial charge is 0.182 e. The molecule has 0 fully saturated rings. The topological polar surface area (TPSA) is 41.6 Å². The van der Waals surface area contributed by atoms with Gasteiger partial charge in [-0.3, -0.25) is 0 Å². The minimum atomic E-state index is -2.25. The summed E-state index contributed by atoms with van der Waals surface area (Å²) in [4.78, 5) is 3.95. The lowest BCUT2D eigenvalue weighted by Gasteiger charge is -2.44. The fourth-order valence-electron chi connectivity index (χ4n) is 5.49. The van der Waals surface area contributed by atoms with Crippen LogP contribution in [0.15, 0.2) is 35.1 Å². The minimum absolute atomic E-state index is 0.169. The van der Waals surface area contributed by atoms with E-state index in [1.807, 2.05) is 18.3 Å². The summed E-state index contributed by atoms with van der Waals surface area (Å²) in [5, 5.41) is 9.76. The van der Waals surface area contributed by atoms with E-state index in [-0.39, 0.29) is 17.7 Å². The highest BCUT2D eigenvalue weighted by atomic mass is 79.9. The number of hydrogen-bond donors (Lipinski definition) is 0. The van der Waals surface area contributed by atoms with Crippen LogP contribution in [0.25, 0.3) is 10.9 Å². The first-order valence-electron chi connectivity index (χ1n) is 10.6. The third kappa shape index (κ3) is 3.74. The van der Waals surface area contributed by atoms with Crippen molar-refractivity contribution in [2.75, 3.05) is 0 Å². The molecule has 0 N–H and O–H groups in total. The molecule has 3 rings (SSSR count). The number of rotatable bonds is 6. The fraction of sp³-hybridized carbons (Fsp3) is 0.417. The molecule has 7 heteroatoms. The van der Waals surface area contributed by atoms with Crippen LogP contribution in [-0.4, -0.2) is 17.5 Å². The van der Waals surface area contributed by atoms with Gasteiger partial charge in [0.05, 0.1) is 5.52 Å². The third-order valence-electron chi connectivity index (χ3n) is 6.56. The molecule has 0 aliphatic rings. The largest absolute Gasteiger partial charge is 0.371 e. The van der Waals surface area contributed by atoms with E-state index in [9.17, 15) is 0 Å². The highest BCUT2D eigenvalue weighted by Crippen LogP contribution is 2.46. The number of nitrogens with zero attached hydrogens (tertiary/aromatic N) is 3. The number of fused-ring (bicyclic) bond motifs is 1. The van der Waals surface area contributed by atoms with Gasteiger partial charge in [0.1, 0.15) is 11.8 Å². The number of nitriles is 1. The van der Waals surface area contributed by atoms with Gasteiger partial charge in [-0.1, -0.05) is 41.5 Å². The number of hydrogen-bond acceptors (Lipinski definition) is 2. The summed E-state index contributed by atoms with van der Waals surface area (Å²) in [6.07, 6.45) is 3.63. The zero-order valence-electron chi connectivity index (χ0n) is 18.8. The van der Waals surface area contributed by atoms with Crippen molar-refractivity contribution in [2.45, 2.75) is 64.6 Å². The lowest BCUT2D eigenvalue weighted by molar-refractivity contribution is 0.505. The first-order chi connectivity index (χ1) is 14.6. The van der Waals surface area contributed by atoms with Crippen LogP contribution in [0.4, 0.5) is 8.78 Å². The number of aromatic nitrogens is 2. The summed E-state index contributed by atoms with van der Waals surface area (Å²) in [5.74, 6) is -1.64. The molecule has 3 aromatic rings.